The van der Waals surface area contributed by atoms with E-state index in [-0.39, 0.29) is 11.9 Å². The third-order valence-electron chi connectivity index (χ3n) is 2.98. The molecule has 0 aromatic carbocycles. The van der Waals surface area contributed by atoms with Crippen LogP contribution in [0.1, 0.15) is 32.1 Å². The second kappa shape index (κ2) is 6.35. The monoisotopic (exact) mass is 225 g/mol. The predicted octanol–water partition coefficient (Wildman–Crippen LogP) is 1.18. The minimum absolute atomic E-state index is 0.226. The van der Waals surface area contributed by atoms with Crippen molar-refractivity contribution in [2.24, 2.45) is 5.92 Å². The molecular weight excluding hydrogens is 202 g/mol. The van der Waals surface area contributed by atoms with Gasteiger partial charge in [-0.25, -0.2) is 0 Å². The van der Waals surface area contributed by atoms with E-state index in [2.05, 4.69) is 10.6 Å². The standard InChI is InChI=1S/C11H23N5/c1-16(2)11(13)15-10(12)14-8-9-6-4-3-5-7-9/h9H,3-8H2,1-2H3,(H4,12,13,14,15). The summed E-state index contributed by atoms with van der Waals surface area (Å²) in [4.78, 5) is 1.64. The van der Waals surface area contributed by atoms with Gasteiger partial charge < -0.3 is 10.2 Å². The van der Waals surface area contributed by atoms with Crippen molar-refractivity contribution in [2.75, 3.05) is 20.6 Å². The number of guanidine groups is 2. The molecule has 0 radical (unpaired) electrons. The second-order valence-electron chi connectivity index (χ2n) is 4.63. The van der Waals surface area contributed by atoms with Gasteiger partial charge in [0.2, 0.25) is 0 Å². The Hall–Kier alpha value is -1.26. The van der Waals surface area contributed by atoms with Gasteiger partial charge >= 0.3 is 0 Å². The van der Waals surface area contributed by atoms with Crippen molar-refractivity contribution >= 4 is 11.9 Å². The van der Waals surface area contributed by atoms with Crippen LogP contribution in [-0.4, -0.2) is 37.5 Å². The second-order valence-corrected chi connectivity index (χ2v) is 4.63. The van der Waals surface area contributed by atoms with Crippen LogP contribution in [0.15, 0.2) is 0 Å². The van der Waals surface area contributed by atoms with E-state index < -0.39 is 0 Å². The zero-order valence-electron chi connectivity index (χ0n) is 10.3. The highest BCUT2D eigenvalue weighted by Crippen LogP contribution is 2.22. The van der Waals surface area contributed by atoms with Crippen LogP contribution in [0, 0.1) is 16.7 Å². The summed E-state index contributed by atoms with van der Waals surface area (Å²) in [5, 5.41) is 20.9. The van der Waals surface area contributed by atoms with Gasteiger partial charge in [0, 0.05) is 20.6 Å². The van der Waals surface area contributed by atoms with Crippen molar-refractivity contribution in [3.05, 3.63) is 0 Å². The normalized spacial score (nSPS) is 16.6. The van der Waals surface area contributed by atoms with Crippen LogP contribution in [0.25, 0.3) is 0 Å². The Labute approximate surface area is 97.6 Å². The summed E-state index contributed by atoms with van der Waals surface area (Å²) in [6.45, 7) is 0.854. The lowest BCUT2D eigenvalue weighted by Gasteiger charge is -2.23. The Morgan fingerprint density at radius 3 is 2.38 bits per heavy atom. The molecule has 5 heteroatoms. The maximum atomic E-state index is 7.64. The highest BCUT2D eigenvalue weighted by Gasteiger charge is 2.13. The van der Waals surface area contributed by atoms with Gasteiger partial charge in [-0.1, -0.05) is 19.3 Å². The highest BCUT2D eigenvalue weighted by atomic mass is 15.3. The first-order valence-electron chi connectivity index (χ1n) is 5.95. The van der Waals surface area contributed by atoms with Crippen LogP contribution in [0.4, 0.5) is 0 Å². The summed E-state index contributed by atoms with van der Waals surface area (Å²) in [5.41, 5.74) is 0. The van der Waals surface area contributed by atoms with E-state index in [4.69, 9.17) is 10.8 Å². The summed E-state index contributed by atoms with van der Waals surface area (Å²) >= 11 is 0. The summed E-state index contributed by atoms with van der Waals surface area (Å²) < 4.78 is 0. The molecule has 5 nitrogen and oxygen atoms in total. The average Bonchev–Trinajstić information content (AvgIpc) is 2.27. The van der Waals surface area contributed by atoms with Crippen LogP contribution in [0.2, 0.25) is 0 Å². The Morgan fingerprint density at radius 2 is 1.81 bits per heavy atom. The maximum absolute atomic E-state index is 7.64. The van der Waals surface area contributed by atoms with Crippen molar-refractivity contribution in [2.45, 2.75) is 32.1 Å². The van der Waals surface area contributed by atoms with E-state index in [0.717, 1.165) is 6.54 Å². The summed E-state index contributed by atoms with van der Waals surface area (Å²) in [6.07, 6.45) is 6.54. The zero-order valence-corrected chi connectivity index (χ0v) is 10.3. The van der Waals surface area contributed by atoms with Crippen molar-refractivity contribution in [3.8, 4) is 0 Å². The number of nitrogens with one attached hydrogen (secondary N) is 4. The van der Waals surface area contributed by atoms with Gasteiger partial charge in [-0.05, 0) is 18.8 Å². The van der Waals surface area contributed by atoms with Gasteiger partial charge in [0.15, 0.2) is 11.9 Å². The molecule has 1 saturated carbocycles. The van der Waals surface area contributed by atoms with Gasteiger partial charge in [0.25, 0.3) is 0 Å². The number of nitrogens with zero attached hydrogens (tertiary/aromatic N) is 1. The molecule has 0 aromatic heterocycles. The lowest BCUT2D eigenvalue weighted by molar-refractivity contribution is 0.356. The molecule has 0 aliphatic heterocycles. The Bertz CT molecular complexity index is 243. The molecule has 1 rings (SSSR count). The van der Waals surface area contributed by atoms with Crippen LogP contribution in [0.3, 0.4) is 0 Å². The molecule has 1 aliphatic rings. The summed E-state index contributed by atoms with van der Waals surface area (Å²) in [5.74, 6) is 1.16. The first kappa shape index (κ1) is 12.8. The molecule has 0 amide bonds. The third kappa shape index (κ3) is 4.51. The summed E-state index contributed by atoms with van der Waals surface area (Å²) in [6, 6.07) is 0. The molecule has 0 heterocycles. The van der Waals surface area contributed by atoms with Gasteiger partial charge in [-0.3, -0.25) is 16.1 Å². The molecule has 92 valence electrons. The maximum Gasteiger partial charge on any atom is 0.197 e. The fourth-order valence-electron chi connectivity index (χ4n) is 1.91. The van der Waals surface area contributed by atoms with Crippen molar-refractivity contribution in [1.82, 2.24) is 15.5 Å². The topological polar surface area (TPSA) is 75.0 Å². The lowest BCUT2D eigenvalue weighted by atomic mass is 9.89. The molecule has 0 unspecified atom stereocenters. The fourth-order valence-corrected chi connectivity index (χ4v) is 1.91. The molecule has 0 aromatic rings. The number of rotatable bonds is 2. The number of hydrogen-bond acceptors (Lipinski definition) is 2. The van der Waals surface area contributed by atoms with Gasteiger partial charge in [0.05, 0.1) is 0 Å². The van der Waals surface area contributed by atoms with Crippen LogP contribution < -0.4 is 10.6 Å². The molecular formula is C11H23N5. The smallest absolute Gasteiger partial charge is 0.197 e. The van der Waals surface area contributed by atoms with Crippen LogP contribution >= 0.6 is 0 Å². The van der Waals surface area contributed by atoms with Gasteiger partial charge in [0.1, 0.15) is 0 Å². The zero-order chi connectivity index (χ0) is 12.0. The van der Waals surface area contributed by atoms with E-state index in [1.807, 2.05) is 0 Å². The van der Waals surface area contributed by atoms with Crippen molar-refractivity contribution in [1.29, 1.82) is 10.8 Å². The molecule has 0 spiro atoms. The van der Waals surface area contributed by atoms with Gasteiger partial charge in [-0.15, -0.1) is 0 Å². The van der Waals surface area contributed by atoms with E-state index in [1.165, 1.54) is 32.1 Å². The Kier molecular flexibility index (Phi) is 5.08. The Balaban J connectivity index is 2.16. The average molecular weight is 225 g/mol. The molecule has 1 fully saturated rings. The largest absolute Gasteiger partial charge is 0.356 e. The Morgan fingerprint density at radius 1 is 1.19 bits per heavy atom. The molecule has 0 atom stereocenters. The quantitative estimate of drug-likeness (QED) is 0.421. The van der Waals surface area contributed by atoms with Crippen LogP contribution in [-0.2, 0) is 0 Å². The predicted molar refractivity (Wildman–Crippen MR) is 66.9 cm³/mol. The van der Waals surface area contributed by atoms with E-state index in [9.17, 15) is 0 Å². The lowest BCUT2D eigenvalue weighted by Crippen LogP contribution is -2.46. The van der Waals surface area contributed by atoms with E-state index >= 15 is 0 Å². The van der Waals surface area contributed by atoms with Crippen molar-refractivity contribution < 1.29 is 0 Å². The minimum Gasteiger partial charge on any atom is -0.356 e. The minimum atomic E-state index is 0.226. The SMILES string of the molecule is CN(C)C(=N)NC(=N)NCC1CCCCC1. The fraction of sp³-hybridized carbons (Fsp3) is 0.818. The van der Waals surface area contributed by atoms with Crippen LogP contribution in [0.5, 0.6) is 0 Å². The molecule has 4 N–H and O–H groups in total. The van der Waals surface area contributed by atoms with Crippen molar-refractivity contribution in [3.63, 3.8) is 0 Å². The third-order valence-corrected chi connectivity index (χ3v) is 2.98. The summed E-state index contributed by atoms with van der Waals surface area (Å²) in [7, 11) is 3.56. The number of hydrogen-bond donors (Lipinski definition) is 4. The van der Waals surface area contributed by atoms with Gasteiger partial charge in [-0.2, -0.15) is 0 Å². The van der Waals surface area contributed by atoms with E-state index in [1.54, 1.807) is 19.0 Å². The first-order valence-corrected chi connectivity index (χ1v) is 5.95. The molecule has 1 aliphatic carbocycles. The first-order chi connectivity index (χ1) is 7.59. The van der Waals surface area contributed by atoms with E-state index in [0.29, 0.717) is 5.92 Å². The molecule has 16 heavy (non-hydrogen) atoms. The highest BCUT2D eigenvalue weighted by molar-refractivity contribution is 5.95. The molecule has 0 bridgehead atoms. The molecule has 0 saturated heterocycles.